The SMILES string of the molecule is CCn1c(SCC(=O)Nc2ccc(C(=O)[O-])cc2)nnc1-c1cccc(C)c1. The fourth-order valence-corrected chi connectivity index (χ4v) is 3.50. The van der Waals surface area contributed by atoms with Crippen molar-refractivity contribution in [3.05, 3.63) is 59.7 Å². The van der Waals surface area contributed by atoms with Crippen LogP contribution in [0.5, 0.6) is 0 Å². The van der Waals surface area contributed by atoms with Crippen LogP contribution in [0.1, 0.15) is 22.8 Å². The van der Waals surface area contributed by atoms with Crippen molar-refractivity contribution >= 4 is 29.3 Å². The number of benzene rings is 2. The summed E-state index contributed by atoms with van der Waals surface area (Å²) in [6, 6.07) is 13.9. The highest BCUT2D eigenvalue weighted by molar-refractivity contribution is 7.99. The Bertz CT molecular complexity index is 999. The predicted molar refractivity (Wildman–Crippen MR) is 106 cm³/mol. The molecule has 1 amide bonds. The second-order valence-corrected chi connectivity index (χ2v) is 7.06. The summed E-state index contributed by atoms with van der Waals surface area (Å²) in [5.74, 6) is -0.536. The van der Waals surface area contributed by atoms with Crippen molar-refractivity contribution in [2.24, 2.45) is 0 Å². The van der Waals surface area contributed by atoms with Crippen molar-refractivity contribution in [3.8, 4) is 11.4 Å². The molecule has 0 saturated carbocycles. The van der Waals surface area contributed by atoms with Gasteiger partial charge in [-0.1, -0.05) is 47.7 Å². The number of nitrogens with zero attached hydrogens (tertiary/aromatic N) is 3. The molecule has 0 fully saturated rings. The van der Waals surface area contributed by atoms with Gasteiger partial charge in [-0.3, -0.25) is 4.79 Å². The van der Waals surface area contributed by atoms with Crippen molar-refractivity contribution in [1.82, 2.24) is 14.8 Å². The van der Waals surface area contributed by atoms with Crippen LogP contribution in [0.15, 0.2) is 53.7 Å². The van der Waals surface area contributed by atoms with E-state index in [4.69, 9.17) is 0 Å². The highest BCUT2D eigenvalue weighted by Gasteiger charge is 2.14. The number of thioether (sulfide) groups is 1. The lowest BCUT2D eigenvalue weighted by atomic mass is 10.1. The number of amides is 1. The van der Waals surface area contributed by atoms with Crippen molar-refractivity contribution in [3.63, 3.8) is 0 Å². The Labute approximate surface area is 166 Å². The van der Waals surface area contributed by atoms with Crippen LogP contribution in [-0.4, -0.2) is 32.4 Å². The first kappa shape index (κ1) is 19.6. The Morgan fingerprint density at radius 2 is 1.89 bits per heavy atom. The number of aromatic nitrogens is 3. The van der Waals surface area contributed by atoms with Gasteiger partial charge in [-0.05, 0) is 37.6 Å². The number of carbonyl (C=O) groups excluding carboxylic acids is 2. The van der Waals surface area contributed by atoms with E-state index >= 15 is 0 Å². The maximum atomic E-state index is 12.2. The largest absolute Gasteiger partial charge is 0.545 e. The number of carboxylic acid groups (broad SMARTS) is 1. The van der Waals surface area contributed by atoms with Gasteiger partial charge in [0.15, 0.2) is 11.0 Å². The topological polar surface area (TPSA) is 99.9 Å². The number of rotatable bonds is 7. The van der Waals surface area contributed by atoms with Gasteiger partial charge in [0.1, 0.15) is 0 Å². The Morgan fingerprint density at radius 3 is 2.54 bits per heavy atom. The van der Waals surface area contributed by atoms with Crippen LogP contribution in [0.3, 0.4) is 0 Å². The van der Waals surface area contributed by atoms with Crippen molar-refractivity contribution in [1.29, 1.82) is 0 Å². The fraction of sp³-hybridized carbons (Fsp3) is 0.200. The van der Waals surface area contributed by atoms with Gasteiger partial charge in [-0.2, -0.15) is 0 Å². The minimum absolute atomic E-state index is 0.0621. The lowest BCUT2D eigenvalue weighted by molar-refractivity contribution is -0.255. The molecule has 0 atom stereocenters. The van der Waals surface area contributed by atoms with Crippen LogP contribution in [0, 0.1) is 6.92 Å². The summed E-state index contributed by atoms with van der Waals surface area (Å²) < 4.78 is 1.97. The monoisotopic (exact) mass is 395 g/mol. The molecular formula is C20H19N4O3S-. The van der Waals surface area contributed by atoms with Crippen molar-refractivity contribution in [2.75, 3.05) is 11.1 Å². The highest BCUT2D eigenvalue weighted by atomic mass is 32.2. The van der Waals surface area contributed by atoms with Crippen molar-refractivity contribution < 1.29 is 14.7 Å². The zero-order valence-corrected chi connectivity index (χ0v) is 16.3. The molecule has 8 heteroatoms. The van der Waals surface area contributed by atoms with Gasteiger partial charge in [0.05, 0.1) is 11.7 Å². The van der Waals surface area contributed by atoms with Gasteiger partial charge in [0.25, 0.3) is 0 Å². The second-order valence-electron chi connectivity index (χ2n) is 6.12. The molecule has 0 spiro atoms. The van der Waals surface area contributed by atoms with E-state index in [1.54, 1.807) is 0 Å². The zero-order chi connectivity index (χ0) is 20.1. The Kier molecular flexibility index (Phi) is 6.10. The summed E-state index contributed by atoms with van der Waals surface area (Å²) in [4.78, 5) is 23.0. The zero-order valence-electron chi connectivity index (χ0n) is 15.5. The van der Waals surface area contributed by atoms with E-state index < -0.39 is 5.97 Å². The van der Waals surface area contributed by atoms with Crippen LogP contribution in [0.4, 0.5) is 5.69 Å². The van der Waals surface area contributed by atoms with E-state index in [1.165, 1.54) is 36.0 Å². The summed E-state index contributed by atoms with van der Waals surface area (Å²) in [5.41, 5.74) is 2.71. The lowest BCUT2D eigenvalue weighted by Crippen LogP contribution is -2.22. The highest BCUT2D eigenvalue weighted by Crippen LogP contribution is 2.24. The molecule has 7 nitrogen and oxygen atoms in total. The van der Waals surface area contributed by atoms with Gasteiger partial charge >= 0.3 is 0 Å². The van der Waals surface area contributed by atoms with E-state index in [0.717, 1.165) is 17.0 Å². The quantitative estimate of drug-likeness (QED) is 0.617. The van der Waals surface area contributed by atoms with E-state index in [-0.39, 0.29) is 17.2 Å². The number of aryl methyl sites for hydroxylation is 1. The molecule has 0 aliphatic heterocycles. The molecule has 0 saturated heterocycles. The normalized spacial score (nSPS) is 10.6. The van der Waals surface area contributed by atoms with E-state index in [9.17, 15) is 14.7 Å². The van der Waals surface area contributed by atoms with E-state index in [1.807, 2.05) is 42.7 Å². The maximum Gasteiger partial charge on any atom is 0.234 e. The molecule has 1 N–H and O–H groups in total. The molecule has 3 aromatic rings. The van der Waals surface area contributed by atoms with Crippen molar-refractivity contribution in [2.45, 2.75) is 25.5 Å². The third kappa shape index (κ3) is 4.58. The Balaban J connectivity index is 1.65. The van der Waals surface area contributed by atoms with Gasteiger partial charge in [-0.25, -0.2) is 0 Å². The molecule has 1 heterocycles. The molecule has 28 heavy (non-hydrogen) atoms. The first-order chi connectivity index (χ1) is 13.5. The van der Waals surface area contributed by atoms with Gasteiger partial charge in [0.2, 0.25) is 5.91 Å². The molecule has 1 aromatic heterocycles. The number of aromatic carboxylic acids is 1. The fourth-order valence-electron chi connectivity index (χ4n) is 2.70. The molecule has 0 radical (unpaired) electrons. The van der Waals surface area contributed by atoms with Gasteiger partial charge in [-0.15, -0.1) is 10.2 Å². The molecule has 2 aromatic carbocycles. The summed E-state index contributed by atoms with van der Waals surface area (Å²) in [6.45, 7) is 4.71. The molecule has 0 aliphatic carbocycles. The minimum atomic E-state index is -1.25. The molecular weight excluding hydrogens is 376 g/mol. The molecule has 144 valence electrons. The number of carboxylic acids is 1. The minimum Gasteiger partial charge on any atom is -0.545 e. The molecule has 3 rings (SSSR count). The van der Waals surface area contributed by atoms with Crippen LogP contribution in [0.25, 0.3) is 11.4 Å². The predicted octanol–water partition coefficient (Wildman–Crippen LogP) is 2.37. The van der Waals surface area contributed by atoms with Gasteiger partial charge in [0, 0.05) is 17.8 Å². The summed E-state index contributed by atoms with van der Waals surface area (Å²) in [6.07, 6.45) is 0. The summed E-state index contributed by atoms with van der Waals surface area (Å²) in [5, 5.41) is 22.7. The first-order valence-corrected chi connectivity index (χ1v) is 9.70. The third-order valence-corrected chi connectivity index (χ3v) is 5.01. The third-order valence-electron chi connectivity index (χ3n) is 4.05. The number of hydrogen-bond donors (Lipinski definition) is 1. The smallest absolute Gasteiger partial charge is 0.234 e. The summed E-state index contributed by atoms with van der Waals surface area (Å²) in [7, 11) is 0. The summed E-state index contributed by atoms with van der Waals surface area (Å²) >= 11 is 1.30. The number of carbonyl (C=O) groups is 2. The van der Waals surface area contributed by atoms with E-state index in [2.05, 4.69) is 15.5 Å². The number of hydrogen-bond acceptors (Lipinski definition) is 6. The van der Waals surface area contributed by atoms with Crippen LogP contribution >= 0.6 is 11.8 Å². The Hall–Kier alpha value is -3.13. The first-order valence-electron chi connectivity index (χ1n) is 8.72. The Morgan fingerprint density at radius 1 is 1.14 bits per heavy atom. The average molecular weight is 395 g/mol. The lowest BCUT2D eigenvalue weighted by Gasteiger charge is -2.09. The molecule has 0 unspecified atom stereocenters. The number of anilines is 1. The molecule has 0 bridgehead atoms. The van der Waals surface area contributed by atoms with Crippen LogP contribution in [-0.2, 0) is 11.3 Å². The standard InChI is InChI=1S/C20H20N4O3S/c1-3-24-18(15-6-4-5-13(2)11-15)22-23-20(24)28-12-17(25)21-16-9-7-14(8-10-16)19(26)27/h4-11H,3,12H2,1-2H3,(H,21,25)(H,26,27)/p-1. The van der Waals surface area contributed by atoms with Crippen LogP contribution in [0.2, 0.25) is 0 Å². The average Bonchev–Trinajstić information content (AvgIpc) is 3.09. The second kappa shape index (κ2) is 8.71. The van der Waals surface area contributed by atoms with E-state index in [0.29, 0.717) is 17.4 Å². The van der Waals surface area contributed by atoms with Crippen LogP contribution < -0.4 is 10.4 Å². The maximum absolute atomic E-state index is 12.2. The van der Waals surface area contributed by atoms with Gasteiger partial charge < -0.3 is 19.8 Å². The molecule has 0 aliphatic rings. The number of nitrogens with one attached hydrogen (secondary N) is 1.